The second kappa shape index (κ2) is 7.04. The Kier molecular flexibility index (Phi) is 5.05. The second-order valence-corrected chi connectivity index (χ2v) is 8.33. The van der Waals surface area contributed by atoms with Crippen molar-refractivity contribution in [1.82, 2.24) is 4.57 Å². The van der Waals surface area contributed by atoms with Crippen molar-refractivity contribution in [2.45, 2.75) is 65.3 Å². The van der Waals surface area contributed by atoms with Gasteiger partial charge < -0.3 is 0 Å². The van der Waals surface area contributed by atoms with E-state index in [0.717, 1.165) is 18.0 Å². The first-order valence-corrected chi connectivity index (χ1v) is 9.64. The first-order valence-electron chi connectivity index (χ1n) is 8.82. The van der Waals surface area contributed by atoms with Crippen molar-refractivity contribution < 1.29 is 0 Å². The molecule has 0 saturated heterocycles. The molecule has 124 valence electrons. The summed E-state index contributed by atoms with van der Waals surface area (Å²) in [5.41, 5.74) is 3.87. The van der Waals surface area contributed by atoms with Crippen LogP contribution in [0.15, 0.2) is 29.1 Å². The Labute approximate surface area is 143 Å². The minimum Gasteiger partial charge on any atom is -0.299 e. The van der Waals surface area contributed by atoms with E-state index >= 15 is 0 Å². The number of rotatable bonds is 5. The standard InChI is InChI=1S/C20H27NOS/c1-14(2)11-19-15(3)21(20(22)23-19)13-16-7-6-10-18(12-16)17-8-4-5-9-17/h6-7,10,12,14,17H,4-5,8-9,11,13H2,1-3H3. The van der Waals surface area contributed by atoms with Crippen LogP contribution >= 0.6 is 11.3 Å². The number of aromatic nitrogens is 1. The van der Waals surface area contributed by atoms with Gasteiger partial charge in [0, 0.05) is 10.6 Å². The van der Waals surface area contributed by atoms with Crippen LogP contribution in [0.3, 0.4) is 0 Å². The molecular formula is C20H27NOS. The molecule has 0 amide bonds. The lowest BCUT2D eigenvalue weighted by molar-refractivity contribution is 0.643. The number of nitrogens with zero attached hydrogens (tertiary/aromatic N) is 1. The fraction of sp³-hybridized carbons (Fsp3) is 0.550. The smallest absolute Gasteiger partial charge is 0.299 e. The van der Waals surface area contributed by atoms with Crippen molar-refractivity contribution in [3.63, 3.8) is 0 Å². The van der Waals surface area contributed by atoms with E-state index in [1.54, 1.807) is 0 Å². The molecule has 23 heavy (non-hydrogen) atoms. The highest BCUT2D eigenvalue weighted by molar-refractivity contribution is 7.09. The van der Waals surface area contributed by atoms with Crippen molar-refractivity contribution in [2.24, 2.45) is 5.92 Å². The fourth-order valence-corrected chi connectivity index (χ4v) is 4.85. The Balaban J connectivity index is 1.83. The van der Waals surface area contributed by atoms with Gasteiger partial charge in [-0.1, -0.05) is 62.3 Å². The molecule has 1 heterocycles. The predicted octanol–water partition coefficient (Wildman–Crippen LogP) is 5.12. The summed E-state index contributed by atoms with van der Waals surface area (Å²) < 4.78 is 1.95. The van der Waals surface area contributed by atoms with Crippen molar-refractivity contribution in [3.05, 3.63) is 55.6 Å². The van der Waals surface area contributed by atoms with Crippen LogP contribution in [0.2, 0.25) is 0 Å². The maximum Gasteiger partial charge on any atom is 0.307 e. The van der Waals surface area contributed by atoms with E-state index in [0.29, 0.717) is 12.5 Å². The Hall–Kier alpha value is -1.35. The van der Waals surface area contributed by atoms with Gasteiger partial charge in [-0.25, -0.2) is 0 Å². The summed E-state index contributed by atoms with van der Waals surface area (Å²) >= 11 is 1.43. The molecule has 1 aliphatic rings. The molecule has 0 spiro atoms. The van der Waals surface area contributed by atoms with E-state index in [1.165, 1.54) is 53.0 Å². The lowest BCUT2D eigenvalue weighted by Gasteiger charge is -2.12. The van der Waals surface area contributed by atoms with E-state index in [9.17, 15) is 4.79 Å². The number of hydrogen-bond donors (Lipinski definition) is 0. The molecule has 0 aliphatic heterocycles. The first kappa shape index (κ1) is 16.5. The highest BCUT2D eigenvalue weighted by Crippen LogP contribution is 2.34. The molecule has 0 unspecified atom stereocenters. The number of benzene rings is 1. The summed E-state index contributed by atoms with van der Waals surface area (Å²) in [5.74, 6) is 1.32. The normalized spacial score (nSPS) is 15.7. The Morgan fingerprint density at radius 2 is 2.00 bits per heavy atom. The summed E-state index contributed by atoms with van der Waals surface area (Å²) in [6.45, 7) is 7.22. The highest BCUT2D eigenvalue weighted by Gasteiger charge is 2.18. The summed E-state index contributed by atoms with van der Waals surface area (Å²) in [4.78, 5) is 13.8. The van der Waals surface area contributed by atoms with Crippen molar-refractivity contribution >= 4 is 11.3 Å². The van der Waals surface area contributed by atoms with Gasteiger partial charge in [0.05, 0.1) is 6.54 Å². The zero-order chi connectivity index (χ0) is 16.4. The molecule has 2 nitrogen and oxygen atoms in total. The summed E-state index contributed by atoms with van der Waals surface area (Å²) in [5, 5.41) is 0. The van der Waals surface area contributed by atoms with Gasteiger partial charge in [0.25, 0.3) is 0 Å². The van der Waals surface area contributed by atoms with Gasteiger partial charge in [-0.05, 0) is 49.1 Å². The Morgan fingerprint density at radius 1 is 1.26 bits per heavy atom. The third-order valence-electron chi connectivity index (χ3n) is 4.95. The SMILES string of the molecule is Cc1c(CC(C)C)sc(=O)n1Cc1cccc(C2CCCC2)c1. The van der Waals surface area contributed by atoms with Crippen LogP contribution in [-0.4, -0.2) is 4.57 Å². The minimum absolute atomic E-state index is 0.185. The molecule has 0 bridgehead atoms. The van der Waals surface area contributed by atoms with Gasteiger partial charge in [0.2, 0.25) is 0 Å². The van der Waals surface area contributed by atoms with Gasteiger partial charge in [-0.3, -0.25) is 9.36 Å². The number of hydrogen-bond acceptors (Lipinski definition) is 2. The first-order chi connectivity index (χ1) is 11.0. The minimum atomic E-state index is 0.185. The third-order valence-corrected chi connectivity index (χ3v) is 6.05. The maximum atomic E-state index is 12.4. The average molecular weight is 330 g/mol. The zero-order valence-corrected chi connectivity index (χ0v) is 15.3. The van der Waals surface area contributed by atoms with Crippen LogP contribution < -0.4 is 4.87 Å². The van der Waals surface area contributed by atoms with Gasteiger partial charge in [0.1, 0.15) is 0 Å². The van der Waals surface area contributed by atoms with Crippen molar-refractivity contribution in [3.8, 4) is 0 Å². The monoisotopic (exact) mass is 329 g/mol. The molecule has 2 aromatic rings. The van der Waals surface area contributed by atoms with Crippen molar-refractivity contribution in [2.75, 3.05) is 0 Å². The van der Waals surface area contributed by atoms with E-state index in [-0.39, 0.29) is 4.87 Å². The van der Waals surface area contributed by atoms with Crippen LogP contribution in [0.1, 0.15) is 67.1 Å². The van der Waals surface area contributed by atoms with Gasteiger partial charge in [-0.2, -0.15) is 0 Å². The zero-order valence-electron chi connectivity index (χ0n) is 14.5. The lowest BCUT2D eigenvalue weighted by atomic mass is 9.96. The van der Waals surface area contributed by atoms with Gasteiger partial charge >= 0.3 is 4.87 Å². The molecule has 1 fully saturated rings. The van der Waals surface area contributed by atoms with Crippen LogP contribution in [0.4, 0.5) is 0 Å². The molecule has 0 N–H and O–H groups in total. The molecule has 0 atom stereocenters. The Morgan fingerprint density at radius 3 is 2.70 bits per heavy atom. The highest BCUT2D eigenvalue weighted by atomic mass is 32.1. The molecular weight excluding hydrogens is 302 g/mol. The van der Waals surface area contributed by atoms with E-state index < -0.39 is 0 Å². The lowest BCUT2D eigenvalue weighted by Crippen LogP contribution is -2.15. The van der Waals surface area contributed by atoms with Gasteiger partial charge in [-0.15, -0.1) is 0 Å². The maximum absolute atomic E-state index is 12.4. The molecule has 3 rings (SSSR count). The molecule has 0 radical (unpaired) electrons. The fourth-order valence-electron chi connectivity index (χ4n) is 3.65. The quantitative estimate of drug-likeness (QED) is 0.746. The summed E-state index contributed by atoms with van der Waals surface area (Å²) in [6.07, 6.45) is 6.35. The topological polar surface area (TPSA) is 22.0 Å². The summed E-state index contributed by atoms with van der Waals surface area (Å²) in [7, 11) is 0. The molecule has 1 aromatic heterocycles. The molecule has 3 heteroatoms. The van der Waals surface area contributed by atoms with E-state index in [2.05, 4.69) is 45.0 Å². The largest absolute Gasteiger partial charge is 0.307 e. The Bertz CT molecular complexity index is 719. The average Bonchev–Trinajstić information content (AvgIpc) is 3.12. The number of thiazole rings is 1. The molecule has 1 aromatic carbocycles. The van der Waals surface area contributed by atoms with Crippen LogP contribution in [-0.2, 0) is 13.0 Å². The van der Waals surface area contributed by atoms with E-state index in [1.807, 2.05) is 4.57 Å². The predicted molar refractivity (Wildman–Crippen MR) is 98.6 cm³/mol. The van der Waals surface area contributed by atoms with Crippen LogP contribution in [0.5, 0.6) is 0 Å². The van der Waals surface area contributed by atoms with Crippen molar-refractivity contribution in [1.29, 1.82) is 0 Å². The van der Waals surface area contributed by atoms with Gasteiger partial charge in [0.15, 0.2) is 0 Å². The summed E-state index contributed by atoms with van der Waals surface area (Å²) in [6, 6.07) is 8.89. The van der Waals surface area contributed by atoms with E-state index in [4.69, 9.17) is 0 Å². The molecule has 1 aliphatic carbocycles. The van der Waals surface area contributed by atoms with Crippen LogP contribution in [0.25, 0.3) is 0 Å². The molecule has 1 saturated carbocycles. The van der Waals surface area contributed by atoms with Crippen LogP contribution in [0, 0.1) is 12.8 Å². The second-order valence-electron chi connectivity index (χ2n) is 7.29. The third kappa shape index (κ3) is 3.77.